The van der Waals surface area contributed by atoms with Gasteiger partial charge in [-0.25, -0.2) is 4.98 Å². The molecule has 4 heteroatoms. The van der Waals surface area contributed by atoms with E-state index in [4.69, 9.17) is 0 Å². The fraction of sp³-hybridized carbons (Fsp3) is 0.333. The predicted molar refractivity (Wildman–Crippen MR) is 69.0 cm³/mol. The van der Waals surface area contributed by atoms with E-state index in [9.17, 15) is 4.79 Å². The quantitative estimate of drug-likeness (QED) is 0.793. The topological polar surface area (TPSA) is 34.9 Å². The van der Waals surface area contributed by atoms with E-state index in [0.29, 0.717) is 12.2 Å². The summed E-state index contributed by atoms with van der Waals surface area (Å²) >= 11 is 3.41. The van der Waals surface area contributed by atoms with Gasteiger partial charge in [0.1, 0.15) is 5.69 Å². The lowest BCUT2D eigenvalue weighted by atomic mass is 10.2. The molecule has 0 saturated carbocycles. The van der Waals surface area contributed by atoms with Gasteiger partial charge in [0.05, 0.1) is 15.9 Å². The van der Waals surface area contributed by atoms with E-state index in [1.807, 2.05) is 38.1 Å². The third kappa shape index (κ3) is 1.78. The molecule has 0 aliphatic rings. The first-order chi connectivity index (χ1) is 7.65. The monoisotopic (exact) mass is 280 g/mol. The molecule has 0 radical (unpaired) electrons. The van der Waals surface area contributed by atoms with Gasteiger partial charge in [0.15, 0.2) is 0 Å². The maximum atomic E-state index is 12.1. The second kappa shape index (κ2) is 4.37. The van der Waals surface area contributed by atoms with Crippen molar-refractivity contribution in [2.75, 3.05) is 0 Å². The summed E-state index contributed by atoms with van der Waals surface area (Å²) in [6, 6.07) is 7.71. The average Bonchev–Trinajstić information content (AvgIpc) is 2.28. The Kier molecular flexibility index (Phi) is 3.10. The molecule has 0 N–H and O–H groups in total. The Morgan fingerprint density at radius 3 is 2.75 bits per heavy atom. The largest absolute Gasteiger partial charge is 0.305 e. The molecule has 0 saturated heterocycles. The molecule has 16 heavy (non-hydrogen) atoms. The van der Waals surface area contributed by atoms with Crippen molar-refractivity contribution in [3.63, 3.8) is 0 Å². The molecule has 1 heterocycles. The molecule has 84 valence electrons. The van der Waals surface area contributed by atoms with E-state index in [1.165, 1.54) is 0 Å². The van der Waals surface area contributed by atoms with E-state index in [1.54, 1.807) is 4.57 Å². The number of nitrogens with zero attached hydrogens (tertiary/aromatic N) is 2. The molecule has 1 aromatic heterocycles. The molecule has 0 amide bonds. The fourth-order valence-electron chi connectivity index (χ4n) is 1.79. The van der Waals surface area contributed by atoms with Gasteiger partial charge in [0.25, 0.3) is 5.56 Å². The summed E-state index contributed by atoms with van der Waals surface area (Å²) in [5.74, 6) is 0. The normalized spacial score (nSPS) is 12.9. The molecule has 1 unspecified atom stereocenters. The van der Waals surface area contributed by atoms with Crippen molar-refractivity contribution in [2.45, 2.75) is 25.2 Å². The molecule has 0 bridgehead atoms. The van der Waals surface area contributed by atoms with Crippen molar-refractivity contribution in [3.05, 3.63) is 40.3 Å². The van der Waals surface area contributed by atoms with E-state index in [0.717, 1.165) is 11.0 Å². The van der Waals surface area contributed by atoms with Gasteiger partial charge in [-0.1, -0.05) is 28.1 Å². The van der Waals surface area contributed by atoms with Crippen LogP contribution in [0.2, 0.25) is 0 Å². The summed E-state index contributed by atoms with van der Waals surface area (Å²) in [4.78, 5) is 16.5. The number of hydrogen-bond acceptors (Lipinski definition) is 2. The van der Waals surface area contributed by atoms with Gasteiger partial charge in [0, 0.05) is 6.54 Å². The lowest BCUT2D eigenvalue weighted by Gasteiger charge is -2.10. The van der Waals surface area contributed by atoms with Crippen LogP contribution in [0.15, 0.2) is 29.1 Å². The Bertz CT molecular complexity index is 575. The number of aryl methyl sites for hydroxylation is 1. The highest BCUT2D eigenvalue weighted by Gasteiger charge is 2.13. The lowest BCUT2D eigenvalue weighted by Crippen LogP contribution is -2.25. The Balaban J connectivity index is 2.88. The van der Waals surface area contributed by atoms with Gasteiger partial charge >= 0.3 is 0 Å². The second-order valence-electron chi connectivity index (χ2n) is 3.65. The third-order valence-corrected chi connectivity index (χ3v) is 3.00. The number of para-hydroxylation sites is 2. The first-order valence-corrected chi connectivity index (χ1v) is 6.20. The smallest absolute Gasteiger partial charge is 0.273 e. The molecular formula is C12H13BrN2O. The minimum Gasteiger partial charge on any atom is -0.305 e. The summed E-state index contributed by atoms with van der Waals surface area (Å²) in [5.41, 5.74) is 2.32. The third-order valence-electron chi connectivity index (χ3n) is 2.57. The van der Waals surface area contributed by atoms with E-state index in [-0.39, 0.29) is 10.4 Å². The van der Waals surface area contributed by atoms with E-state index >= 15 is 0 Å². The lowest BCUT2D eigenvalue weighted by molar-refractivity contribution is 0.735. The predicted octanol–water partition coefficient (Wildman–Crippen LogP) is 2.87. The molecule has 0 fully saturated rings. The Labute approximate surface area is 102 Å². The van der Waals surface area contributed by atoms with Crippen LogP contribution in [0.25, 0.3) is 11.0 Å². The number of fused-ring (bicyclic) bond motifs is 1. The fourth-order valence-corrected chi connectivity index (χ4v) is 2.08. The average molecular weight is 281 g/mol. The Morgan fingerprint density at radius 2 is 2.12 bits per heavy atom. The molecule has 3 nitrogen and oxygen atoms in total. The van der Waals surface area contributed by atoms with Gasteiger partial charge in [-0.3, -0.25) is 4.79 Å². The van der Waals surface area contributed by atoms with Crippen molar-refractivity contribution in [3.8, 4) is 0 Å². The van der Waals surface area contributed by atoms with Crippen LogP contribution in [0.4, 0.5) is 0 Å². The van der Waals surface area contributed by atoms with Crippen LogP contribution in [0, 0.1) is 0 Å². The summed E-state index contributed by atoms with van der Waals surface area (Å²) in [5, 5.41) is 0. The molecular weight excluding hydrogens is 268 g/mol. The van der Waals surface area contributed by atoms with Gasteiger partial charge in [-0.2, -0.15) is 0 Å². The highest BCUT2D eigenvalue weighted by molar-refractivity contribution is 9.09. The van der Waals surface area contributed by atoms with Crippen molar-refractivity contribution in [1.82, 2.24) is 9.55 Å². The minimum atomic E-state index is -0.0255. The first kappa shape index (κ1) is 11.3. The number of aromatic nitrogens is 2. The second-order valence-corrected chi connectivity index (χ2v) is 5.02. The van der Waals surface area contributed by atoms with Gasteiger partial charge < -0.3 is 4.57 Å². The van der Waals surface area contributed by atoms with Gasteiger partial charge in [-0.05, 0) is 26.0 Å². The van der Waals surface area contributed by atoms with Crippen molar-refractivity contribution in [1.29, 1.82) is 0 Å². The zero-order valence-electron chi connectivity index (χ0n) is 9.27. The van der Waals surface area contributed by atoms with E-state index in [2.05, 4.69) is 20.9 Å². The highest BCUT2D eigenvalue weighted by Crippen LogP contribution is 2.19. The van der Waals surface area contributed by atoms with Crippen LogP contribution >= 0.6 is 15.9 Å². The van der Waals surface area contributed by atoms with E-state index < -0.39 is 0 Å². The molecule has 0 spiro atoms. The standard InChI is InChI=1S/C12H13BrN2O/c1-3-15-10-7-5-4-6-9(10)14-11(8(2)13)12(15)16/h4-8H,3H2,1-2H3. The van der Waals surface area contributed by atoms with Crippen LogP contribution in [-0.4, -0.2) is 9.55 Å². The van der Waals surface area contributed by atoms with Crippen molar-refractivity contribution < 1.29 is 0 Å². The number of benzene rings is 1. The summed E-state index contributed by atoms with van der Waals surface area (Å²) in [7, 11) is 0. The molecule has 0 aliphatic carbocycles. The van der Waals surface area contributed by atoms with Crippen molar-refractivity contribution in [2.24, 2.45) is 0 Å². The highest BCUT2D eigenvalue weighted by atomic mass is 79.9. The number of halogens is 1. The summed E-state index contributed by atoms with van der Waals surface area (Å²) in [6.07, 6.45) is 0. The molecule has 2 rings (SSSR count). The van der Waals surface area contributed by atoms with Crippen LogP contribution in [0.3, 0.4) is 0 Å². The van der Waals surface area contributed by atoms with Crippen LogP contribution < -0.4 is 5.56 Å². The molecule has 0 aliphatic heterocycles. The Hall–Kier alpha value is -1.16. The minimum absolute atomic E-state index is 0.00873. The number of hydrogen-bond donors (Lipinski definition) is 0. The van der Waals surface area contributed by atoms with Gasteiger partial charge in [-0.15, -0.1) is 0 Å². The van der Waals surface area contributed by atoms with Crippen LogP contribution in [0.5, 0.6) is 0 Å². The summed E-state index contributed by atoms with van der Waals surface area (Å²) in [6.45, 7) is 4.55. The number of rotatable bonds is 2. The van der Waals surface area contributed by atoms with Gasteiger partial charge in [0.2, 0.25) is 0 Å². The first-order valence-electron chi connectivity index (χ1n) is 5.28. The van der Waals surface area contributed by atoms with Crippen LogP contribution in [-0.2, 0) is 6.54 Å². The summed E-state index contributed by atoms with van der Waals surface area (Å²) < 4.78 is 1.76. The Morgan fingerprint density at radius 1 is 1.44 bits per heavy atom. The van der Waals surface area contributed by atoms with Crippen LogP contribution in [0.1, 0.15) is 24.4 Å². The SMILES string of the molecule is CCn1c(=O)c(C(C)Br)nc2ccccc21. The van der Waals surface area contributed by atoms with Crippen molar-refractivity contribution >= 4 is 27.0 Å². The molecule has 1 atom stereocenters. The maximum absolute atomic E-state index is 12.1. The molecule has 1 aromatic carbocycles. The number of alkyl halides is 1. The zero-order valence-corrected chi connectivity index (χ0v) is 10.9. The zero-order chi connectivity index (χ0) is 11.7. The molecule has 2 aromatic rings. The maximum Gasteiger partial charge on any atom is 0.273 e.